The maximum atomic E-state index is 5.12. The van der Waals surface area contributed by atoms with Crippen molar-refractivity contribution in [3.8, 4) is 0 Å². The molecule has 0 atom stereocenters. The average Bonchev–Trinajstić information content (AvgIpc) is 2.85. The van der Waals surface area contributed by atoms with Gasteiger partial charge in [-0.05, 0) is 44.5 Å². The minimum Gasteiger partial charge on any atom is -0.339 e. The Bertz CT molecular complexity index is 759. The van der Waals surface area contributed by atoms with E-state index in [0.29, 0.717) is 24.1 Å². The zero-order valence-corrected chi connectivity index (χ0v) is 12.8. The normalized spacial score (nSPS) is 10.7. The Morgan fingerprint density at radius 2 is 1.64 bits per heavy atom. The first-order valence-corrected chi connectivity index (χ1v) is 7.06. The second-order valence-electron chi connectivity index (χ2n) is 5.21. The van der Waals surface area contributed by atoms with Crippen molar-refractivity contribution in [1.29, 1.82) is 0 Å². The number of aryl methyl sites for hydroxylation is 3. The fraction of sp³-hybridized carbons (Fsp3) is 0.250. The summed E-state index contributed by atoms with van der Waals surface area (Å²) >= 11 is 0. The highest BCUT2D eigenvalue weighted by atomic mass is 16.5. The molecule has 0 spiro atoms. The zero-order valence-electron chi connectivity index (χ0n) is 12.8. The number of nitrogens with one attached hydrogen (secondary N) is 1. The van der Waals surface area contributed by atoms with Crippen LogP contribution in [0.2, 0.25) is 0 Å². The van der Waals surface area contributed by atoms with Gasteiger partial charge >= 0.3 is 0 Å². The molecule has 1 N–H and O–H groups in total. The van der Waals surface area contributed by atoms with E-state index >= 15 is 0 Å². The lowest BCUT2D eigenvalue weighted by atomic mass is 10.1. The predicted molar refractivity (Wildman–Crippen MR) is 83.1 cm³/mol. The first-order valence-electron chi connectivity index (χ1n) is 7.06. The number of rotatable bonds is 4. The highest BCUT2D eigenvalue weighted by molar-refractivity contribution is 5.54. The number of hydrogen-bond acceptors (Lipinski definition) is 6. The molecule has 0 bridgehead atoms. The van der Waals surface area contributed by atoms with Crippen LogP contribution in [0.4, 0.5) is 11.6 Å². The van der Waals surface area contributed by atoms with Gasteiger partial charge in [0, 0.05) is 17.1 Å². The van der Waals surface area contributed by atoms with E-state index in [4.69, 9.17) is 4.52 Å². The SMILES string of the molecule is Cc1cc(C)nc(Nc2ccc(Cc3nc(C)no3)cc2)n1. The molecule has 0 unspecified atom stereocenters. The molecule has 0 amide bonds. The van der Waals surface area contributed by atoms with Gasteiger partial charge in [-0.3, -0.25) is 0 Å². The van der Waals surface area contributed by atoms with Crippen LogP contribution in [0.1, 0.15) is 28.7 Å². The molecule has 2 aromatic heterocycles. The molecular formula is C16H17N5O. The standard InChI is InChI=1S/C16H17N5O/c1-10-8-11(2)18-16(17-10)20-14-6-4-13(5-7-14)9-15-19-12(3)21-22-15/h4-8H,9H2,1-3H3,(H,17,18,20). The Balaban J connectivity index is 1.71. The Hall–Kier alpha value is -2.76. The van der Waals surface area contributed by atoms with Crippen LogP contribution in [0, 0.1) is 20.8 Å². The van der Waals surface area contributed by atoms with Gasteiger partial charge in [-0.15, -0.1) is 0 Å². The maximum absolute atomic E-state index is 5.12. The van der Waals surface area contributed by atoms with E-state index in [1.807, 2.05) is 51.1 Å². The van der Waals surface area contributed by atoms with Gasteiger partial charge in [0.15, 0.2) is 5.82 Å². The van der Waals surface area contributed by atoms with Gasteiger partial charge in [0.2, 0.25) is 11.8 Å². The van der Waals surface area contributed by atoms with Crippen LogP contribution in [-0.4, -0.2) is 20.1 Å². The van der Waals surface area contributed by atoms with Crippen molar-refractivity contribution in [2.75, 3.05) is 5.32 Å². The molecular weight excluding hydrogens is 278 g/mol. The molecule has 112 valence electrons. The van der Waals surface area contributed by atoms with Gasteiger partial charge in [0.1, 0.15) is 0 Å². The van der Waals surface area contributed by atoms with Crippen LogP contribution < -0.4 is 5.32 Å². The largest absolute Gasteiger partial charge is 0.339 e. The molecule has 0 aliphatic rings. The van der Waals surface area contributed by atoms with Crippen LogP contribution in [0.25, 0.3) is 0 Å². The van der Waals surface area contributed by atoms with Crippen molar-refractivity contribution in [1.82, 2.24) is 20.1 Å². The first-order chi connectivity index (χ1) is 10.6. The fourth-order valence-corrected chi connectivity index (χ4v) is 2.20. The van der Waals surface area contributed by atoms with Crippen LogP contribution in [-0.2, 0) is 6.42 Å². The third kappa shape index (κ3) is 3.46. The van der Waals surface area contributed by atoms with Crippen molar-refractivity contribution in [2.45, 2.75) is 27.2 Å². The summed E-state index contributed by atoms with van der Waals surface area (Å²) in [5, 5.41) is 6.99. The number of hydrogen-bond donors (Lipinski definition) is 1. The zero-order chi connectivity index (χ0) is 15.5. The molecule has 0 aliphatic heterocycles. The third-order valence-electron chi connectivity index (χ3n) is 3.12. The summed E-state index contributed by atoms with van der Waals surface area (Å²) in [4.78, 5) is 12.9. The van der Waals surface area contributed by atoms with Crippen molar-refractivity contribution >= 4 is 11.6 Å². The molecule has 3 aromatic rings. The summed E-state index contributed by atoms with van der Waals surface area (Å²) in [6.07, 6.45) is 0.626. The fourth-order valence-electron chi connectivity index (χ4n) is 2.20. The second-order valence-corrected chi connectivity index (χ2v) is 5.21. The van der Waals surface area contributed by atoms with E-state index in [2.05, 4.69) is 25.4 Å². The van der Waals surface area contributed by atoms with Gasteiger partial charge in [-0.2, -0.15) is 4.98 Å². The lowest BCUT2D eigenvalue weighted by Gasteiger charge is -2.07. The highest BCUT2D eigenvalue weighted by Gasteiger charge is 2.05. The molecule has 6 heteroatoms. The molecule has 0 saturated carbocycles. The lowest BCUT2D eigenvalue weighted by molar-refractivity contribution is 0.381. The molecule has 0 saturated heterocycles. The van der Waals surface area contributed by atoms with Crippen LogP contribution in [0.15, 0.2) is 34.9 Å². The smallest absolute Gasteiger partial charge is 0.231 e. The summed E-state index contributed by atoms with van der Waals surface area (Å²) in [7, 11) is 0. The number of benzene rings is 1. The van der Waals surface area contributed by atoms with Gasteiger partial charge < -0.3 is 9.84 Å². The van der Waals surface area contributed by atoms with Gasteiger partial charge in [0.05, 0.1) is 6.42 Å². The summed E-state index contributed by atoms with van der Waals surface area (Å²) < 4.78 is 5.12. The molecule has 2 heterocycles. The number of anilines is 2. The average molecular weight is 295 g/mol. The lowest BCUT2D eigenvalue weighted by Crippen LogP contribution is -2.00. The molecule has 0 radical (unpaired) electrons. The van der Waals surface area contributed by atoms with Gasteiger partial charge in [-0.25, -0.2) is 9.97 Å². The predicted octanol–water partition coefficient (Wildman–Crippen LogP) is 3.12. The highest BCUT2D eigenvalue weighted by Crippen LogP contribution is 2.16. The molecule has 1 aromatic carbocycles. The van der Waals surface area contributed by atoms with Crippen molar-refractivity contribution in [3.05, 3.63) is 59.0 Å². The minimum atomic E-state index is 0.609. The topological polar surface area (TPSA) is 76.7 Å². The van der Waals surface area contributed by atoms with E-state index in [-0.39, 0.29) is 0 Å². The van der Waals surface area contributed by atoms with Gasteiger partial charge in [-0.1, -0.05) is 17.3 Å². The molecule has 0 aliphatic carbocycles. The number of aromatic nitrogens is 4. The van der Waals surface area contributed by atoms with E-state index < -0.39 is 0 Å². The van der Waals surface area contributed by atoms with Crippen molar-refractivity contribution in [3.63, 3.8) is 0 Å². The Morgan fingerprint density at radius 3 is 2.23 bits per heavy atom. The second kappa shape index (κ2) is 5.93. The first kappa shape index (κ1) is 14.2. The molecule has 3 rings (SSSR count). The summed E-state index contributed by atoms with van der Waals surface area (Å²) in [6.45, 7) is 5.72. The van der Waals surface area contributed by atoms with Crippen molar-refractivity contribution < 1.29 is 4.52 Å². The summed E-state index contributed by atoms with van der Waals surface area (Å²) in [5.41, 5.74) is 3.93. The number of nitrogens with zero attached hydrogens (tertiary/aromatic N) is 4. The summed E-state index contributed by atoms with van der Waals surface area (Å²) in [5.74, 6) is 1.88. The maximum Gasteiger partial charge on any atom is 0.231 e. The van der Waals surface area contributed by atoms with E-state index in [0.717, 1.165) is 22.6 Å². The van der Waals surface area contributed by atoms with E-state index in [9.17, 15) is 0 Å². The summed E-state index contributed by atoms with van der Waals surface area (Å²) in [6, 6.07) is 9.95. The van der Waals surface area contributed by atoms with E-state index in [1.165, 1.54) is 0 Å². The quantitative estimate of drug-likeness (QED) is 0.797. The minimum absolute atomic E-state index is 0.609. The van der Waals surface area contributed by atoms with Crippen molar-refractivity contribution in [2.24, 2.45) is 0 Å². The van der Waals surface area contributed by atoms with Crippen LogP contribution >= 0.6 is 0 Å². The van der Waals surface area contributed by atoms with Crippen LogP contribution in [0.3, 0.4) is 0 Å². The monoisotopic (exact) mass is 295 g/mol. The third-order valence-corrected chi connectivity index (χ3v) is 3.12. The Kier molecular flexibility index (Phi) is 3.82. The van der Waals surface area contributed by atoms with E-state index in [1.54, 1.807) is 0 Å². The molecule has 6 nitrogen and oxygen atoms in total. The Morgan fingerprint density at radius 1 is 0.955 bits per heavy atom. The Labute approximate surface area is 128 Å². The molecule has 22 heavy (non-hydrogen) atoms. The van der Waals surface area contributed by atoms with Gasteiger partial charge in [0.25, 0.3) is 0 Å². The van der Waals surface area contributed by atoms with Crippen LogP contribution in [0.5, 0.6) is 0 Å². The molecule has 0 fully saturated rings.